The van der Waals surface area contributed by atoms with Crippen LogP contribution in [0.25, 0.3) is 0 Å². The zero-order valence-corrected chi connectivity index (χ0v) is 18.8. The minimum Gasteiger partial charge on any atom is -0.496 e. The van der Waals surface area contributed by atoms with Gasteiger partial charge in [0.1, 0.15) is 5.75 Å². The van der Waals surface area contributed by atoms with Crippen LogP contribution in [0.5, 0.6) is 5.75 Å². The van der Waals surface area contributed by atoms with Crippen LogP contribution in [0.1, 0.15) is 49.8 Å². The van der Waals surface area contributed by atoms with Crippen LogP contribution in [0, 0.1) is 6.92 Å². The highest BCUT2D eigenvalue weighted by Crippen LogP contribution is 2.32. The van der Waals surface area contributed by atoms with Gasteiger partial charge in [-0.05, 0) is 67.5 Å². The predicted octanol–water partition coefficient (Wildman–Crippen LogP) is 4.25. The maximum Gasteiger partial charge on any atom is 0.240 e. The van der Waals surface area contributed by atoms with Crippen molar-refractivity contribution in [2.45, 2.75) is 57.4 Å². The van der Waals surface area contributed by atoms with Gasteiger partial charge in [-0.1, -0.05) is 32.0 Å². The smallest absolute Gasteiger partial charge is 0.240 e. The Labute approximate surface area is 175 Å². The van der Waals surface area contributed by atoms with Gasteiger partial charge in [-0.2, -0.15) is 0 Å². The topological polar surface area (TPSA) is 58.6 Å². The molecule has 1 aliphatic heterocycles. The summed E-state index contributed by atoms with van der Waals surface area (Å²) in [6.45, 7) is 9.34. The highest BCUT2D eigenvalue weighted by Gasteiger charge is 2.25. The molecule has 0 aromatic heterocycles. The van der Waals surface area contributed by atoms with Crippen LogP contribution in [-0.2, 0) is 16.4 Å². The normalized spacial score (nSPS) is 16.3. The number of nitrogens with zero attached hydrogens (tertiary/aromatic N) is 1. The van der Waals surface area contributed by atoms with E-state index in [1.165, 1.54) is 11.3 Å². The van der Waals surface area contributed by atoms with E-state index in [1.54, 1.807) is 13.2 Å². The Hall–Kier alpha value is -2.05. The second-order valence-corrected chi connectivity index (χ2v) is 9.88. The van der Waals surface area contributed by atoms with Gasteiger partial charge >= 0.3 is 0 Å². The lowest BCUT2D eigenvalue weighted by atomic mass is 10.0. The van der Waals surface area contributed by atoms with E-state index in [0.717, 1.165) is 30.7 Å². The molecule has 1 N–H and O–H groups in total. The van der Waals surface area contributed by atoms with Gasteiger partial charge in [0, 0.05) is 24.8 Å². The maximum atomic E-state index is 12.9. The Balaban J connectivity index is 1.66. The number of ether oxygens (including phenoxy) is 1. The third-order valence-corrected chi connectivity index (χ3v) is 7.26. The number of aryl methyl sites for hydroxylation is 1. The van der Waals surface area contributed by atoms with Crippen molar-refractivity contribution in [3.8, 4) is 5.75 Å². The monoisotopic (exact) mass is 416 g/mol. The van der Waals surface area contributed by atoms with Crippen molar-refractivity contribution in [1.82, 2.24) is 4.72 Å². The SMILES string of the molecule is COc1cc(C)c(S(=O)(=O)NCCCN2c3ccccc3C[C@@H]2C)cc1C(C)C. The number of methoxy groups -OCH3 is 1. The van der Waals surface area contributed by atoms with Gasteiger partial charge in [0.15, 0.2) is 0 Å². The second kappa shape index (κ2) is 8.76. The van der Waals surface area contributed by atoms with Crippen LogP contribution in [0.3, 0.4) is 0 Å². The minimum atomic E-state index is -3.57. The zero-order valence-electron chi connectivity index (χ0n) is 18.0. The van der Waals surface area contributed by atoms with E-state index in [0.29, 0.717) is 23.0 Å². The molecule has 2 aromatic rings. The third-order valence-electron chi connectivity index (χ3n) is 5.66. The van der Waals surface area contributed by atoms with Crippen molar-refractivity contribution in [3.63, 3.8) is 0 Å². The van der Waals surface area contributed by atoms with E-state index in [-0.39, 0.29) is 5.92 Å². The Kier molecular flexibility index (Phi) is 6.54. The van der Waals surface area contributed by atoms with Gasteiger partial charge in [-0.3, -0.25) is 0 Å². The molecule has 1 atom stereocenters. The van der Waals surface area contributed by atoms with E-state index < -0.39 is 10.0 Å². The lowest BCUT2D eigenvalue weighted by molar-refractivity contribution is 0.406. The largest absolute Gasteiger partial charge is 0.496 e. The van der Waals surface area contributed by atoms with E-state index in [9.17, 15) is 8.42 Å². The number of sulfonamides is 1. The molecule has 0 radical (unpaired) electrons. The van der Waals surface area contributed by atoms with Crippen LogP contribution < -0.4 is 14.4 Å². The second-order valence-electron chi connectivity index (χ2n) is 8.14. The van der Waals surface area contributed by atoms with Crippen molar-refractivity contribution in [2.24, 2.45) is 0 Å². The molecule has 0 saturated carbocycles. The van der Waals surface area contributed by atoms with Crippen LogP contribution in [0.4, 0.5) is 5.69 Å². The Morgan fingerprint density at radius 3 is 2.66 bits per heavy atom. The van der Waals surface area contributed by atoms with E-state index in [1.807, 2.05) is 26.8 Å². The molecule has 3 rings (SSSR count). The molecule has 0 bridgehead atoms. The molecule has 0 unspecified atom stereocenters. The molecule has 2 aromatic carbocycles. The summed E-state index contributed by atoms with van der Waals surface area (Å²) in [5.41, 5.74) is 4.24. The first kappa shape index (κ1) is 21.7. The molecule has 6 heteroatoms. The van der Waals surface area contributed by atoms with E-state index >= 15 is 0 Å². The standard InChI is InChI=1S/C23H32N2O3S/c1-16(2)20-15-23(17(3)13-22(20)28-5)29(26,27)24-11-8-12-25-18(4)14-19-9-6-7-10-21(19)25/h6-7,9-10,13,15-16,18,24H,8,11-12,14H2,1-5H3/t18-/m0/s1. The summed E-state index contributed by atoms with van der Waals surface area (Å²) in [5, 5.41) is 0. The van der Waals surface area contributed by atoms with Crippen molar-refractivity contribution in [2.75, 3.05) is 25.1 Å². The summed E-state index contributed by atoms with van der Waals surface area (Å²) in [7, 11) is -1.95. The first-order chi connectivity index (χ1) is 13.7. The molecule has 1 heterocycles. The van der Waals surface area contributed by atoms with Gasteiger partial charge in [0.2, 0.25) is 10.0 Å². The van der Waals surface area contributed by atoms with Crippen LogP contribution >= 0.6 is 0 Å². The summed E-state index contributed by atoms with van der Waals surface area (Å²) in [4.78, 5) is 2.71. The number of nitrogens with one attached hydrogen (secondary N) is 1. The fourth-order valence-corrected chi connectivity index (χ4v) is 5.43. The molecule has 158 valence electrons. The van der Waals surface area contributed by atoms with Gasteiger partial charge in [0.05, 0.1) is 12.0 Å². The lowest BCUT2D eigenvalue weighted by Gasteiger charge is -2.25. The number of anilines is 1. The first-order valence-electron chi connectivity index (χ1n) is 10.3. The minimum absolute atomic E-state index is 0.177. The summed E-state index contributed by atoms with van der Waals surface area (Å²) in [6.07, 6.45) is 1.80. The average Bonchev–Trinajstić information content (AvgIpc) is 2.99. The van der Waals surface area contributed by atoms with Crippen LogP contribution in [0.2, 0.25) is 0 Å². The van der Waals surface area contributed by atoms with Crippen LogP contribution in [-0.4, -0.2) is 34.7 Å². The van der Waals surface area contributed by atoms with E-state index in [2.05, 4.69) is 40.8 Å². The van der Waals surface area contributed by atoms with Gasteiger partial charge < -0.3 is 9.64 Å². The highest BCUT2D eigenvalue weighted by molar-refractivity contribution is 7.89. The maximum absolute atomic E-state index is 12.9. The molecular weight excluding hydrogens is 384 g/mol. The van der Waals surface area contributed by atoms with Crippen LogP contribution in [0.15, 0.2) is 41.3 Å². The number of hydrogen-bond acceptors (Lipinski definition) is 4. The van der Waals surface area contributed by atoms with E-state index in [4.69, 9.17) is 4.74 Å². The average molecular weight is 417 g/mol. The predicted molar refractivity (Wildman–Crippen MR) is 119 cm³/mol. The first-order valence-corrected chi connectivity index (χ1v) is 11.8. The quantitative estimate of drug-likeness (QED) is 0.654. The van der Waals surface area contributed by atoms with Gasteiger partial charge in [-0.15, -0.1) is 0 Å². The Bertz CT molecular complexity index is 970. The summed E-state index contributed by atoms with van der Waals surface area (Å²) in [5.74, 6) is 0.911. The molecule has 0 fully saturated rings. The molecule has 5 nitrogen and oxygen atoms in total. The summed E-state index contributed by atoms with van der Waals surface area (Å²) >= 11 is 0. The Morgan fingerprint density at radius 1 is 1.24 bits per heavy atom. The molecule has 0 saturated heterocycles. The molecule has 0 amide bonds. The molecule has 0 spiro atoms. The number of rotatable bonds is 8. The molecular formula is C23H32N2O3S. The van der Waals surface area contributed by atoms with Gasteiger partial charge in [0.25, 0.3) is 0 Å². The number of fused-ring (bicyclic) bond motifs is 1. The summed E-state index contributed by atoms with van der Waals surface area (Å²) in [6, 6.07) is 12.5. The van der Waals surface area contributed by atoms with Gasteiger partial charge in [-0.25, -0.2) is 13.1 Å². The fraction of sp³-hybridized carbons (Fsp3) is 0.478. The lowest BCUT2D eigenvalue weighted by Crippen LogP contribution is -2.33. The number of para-hydroxylation sites is 1. The number of hydrogen-bond donors (Lipinski definition) is 1. The molecule has 29 heavy (non-hydrogen) atoms. The number of benzene rings is 2. The van der Waals surface area contributed by atoms with Crippen molar-refractivity contribution in [3.05, 3.63) is 53.1 Å². The highest BCUT2D eigenvalue weighted by atomic mass is 32.2. The Morgan fingerprint density at radius 2 is 1.97 bits per heavy atom. The molecule has 0 aliphatic carbocycles. The van der Waals surface area contributed by atoms with Crippen molar-refractivity contribution < 1.29 is 13.2 Å². The summed E-state index contributed by atoms with van der Waals surface area (Å²) < 4.78 is 34.1. The van der Waals surface area contributed by atoms with Crippen molar-refractivity contribution >= 4 is 15.7 Å². The fourth-order valence-electron chi connectivity index (χ4n) is 4.10. The van der Waals surface area contributed by atoms with Crippen molar-refractivity contribution in [1.29, 1.82) is 0 Å². The third kappa shape index (κ3) is 4.59. The zero-order chi connectivity index (χ0) is 21.2. The molecule has 1 aliphatic rings.